The molecule has 5 heteroatoms. The van der Waals surface area contributed by atoms with Crippen molar-refractivity contribution < 1.29 is 4.42 Å². The van der Waals surface area contributed by atoms with Crippen molar-refractivity contribution in [1.82, 2.24) is 20.1 Å². The van der Waals surface area contributed by atoms with Crippen LogP contribution in [0.4, 0.5) is 0 Å². The Hall–Kier alpha value is -0.910. The summed E-state index contributed by atoms with van der Waals surface area (Å²) in [7, 11) is 2.14. The molecular formula is C12H22N4O. The number of nitrogens with zero attached hydrogens (tertiary/aromatic N) is 3. The summed E-state index contributed by atoms with van der Waals surface area (Å²) in [5, 5.41) is 3.37. The number of oxazole rings is 1. The van der Waals surface area contributed by atoms with Crippen molar-refractivity contribution in [2.24, 2.45) is 0 Å². The Morgan fingerprint density at radius 3 is 2.88 bits per heavy atom. The molecule has 2 heterocycles. The third-order valence-electron chi connectivity index (χ3n) is 3.27. The first kappa shape index (κ1) is 12.5. The molecule has 1 saturated heterocycles. The molecule has 0 bridgehead atoms. The van der Waals surface area contributed by atoms with E-state index in [9.17, 15) is 0 Å². The van der Waals surface area contributed by atoms with E-state index < -0.39 is 0 Å². The minimum absolute atomic E-state index is 0.869. The van der Waals surface area contributed by atoms with Gasteiger partial charge < -0.3 is 9.73 Å². The molecule has 1 N–H and O–H groups in total. The van der Waals surface area contributed by atoms with Crippen LogP contribution in [0.15, 0.2) is 10.8 Å². The maximum absolute atomic E-state index is 5.20. The van der Waals surface area contributed by atoms with Crippen molar-refractivity contribution in [3.05, 3.63) is 17.8 Å². The quantitative estimate of drug-likeness (QED) is 0.800. The SMILES string of the molecule is Cc1ocnc1CN(C)CCN1CCNCC1. The van der Waals surface area contributed by atoms with Crippen LogP contribution in [0.3, 0.4) is 0 Å². The van der Waals surface area contributed by atoms with Crippen LogP contribution >= 0.6 is 0 Å². The number of piperazine rings is 1. The average Bonchev–Trinajstić information content (AvgIpc) is 2.74. The first-order valence-electron chi connectivity index (χ1n) is 6.26. The molecule has 0 radical (unpaired) electrons. The fourth-order valence-corrected chi connectivity index (χ4v) is 2.06. The van der Waals surface area contributed by atoms with Gasteiger partial charge in [0.2, 0.25) is 0 Å². The summed E-state index contributed by atoms with van der Waals surface area (Å²) in [4.78, 5) is 9.02. The van der Waals surface area contributed by atoms with E-state index in [1.807, 2.05) is 6.92 Å². The number of hydrogen-bond acceptors (Lipinski definition) is 5. The van der Waals surface area contributed by atoms with Crippen LogP contribution in [0.2, 0.25) is 0 Å². The molecule has 0 unspecified atom stereocenters. The molecule has 0 spiro atoms. The van der Waals surface area contributed by atoms with Crippen LogP contribution in [-0.4, -0.2) is 61.1 Å². The number of aromatic nitrogens is 1. The first-order chi connectivity index (χ1) is 8.25. The lowest BCUT2D eigenvalue weighted by atomic mass is 10.3. The third kappa shape index (κ3) is 3.80. The van der Waals surface area contributed by atoms with Gasteiger partial charge in [-0.25, -0.2) is 4.98 Å². The van der Waals surface area contributed by atoms with E-state index in [0.717, 1.165) is 57.3 Å². The highest BCUT2D eigenvalue weighted by Crippen LogP contribution is 2.07. The number of aryl methyl sites for hydroxylation is 1. The topological polar surface area (TPSA) is 44.5 Å². The van der Waals surface area contributed by atoms with E-state index >= 15 is 0 Å². The van der Waals surface area contributed by atoms with E-state index in [1.165, 1.54) is 6.39 Å². The van der Waals surface area contributed by atoms with E-state index in [-0.39, 0.29) is 0 Å². The van der Waals surface area contributed by atoms with Crippen LogP contribution in [0.25, 0.3) is 0 Å². The predicted octanol–water partition coefficient (Wildman–Crippen LogP) is 0.320. The molecule has 0 saturated carbocycles. The highest BCUT2D eigenvalue weighted by Gasteiger charge is 2.11. The molecule has 17 heavy (non-hydrogen) atoms. The van der Waals surface area contributed by atoms with Gasteiger partial charge in [0.1, 0.15) is 5.76 Å². The normalized spacial score (nSPS) is 17.8. The summed E-state index contributed by atoms with van der Waals surface area (Å²) < 4.78 is 5.20. The molecule has 0 amide bonds. The molecule has 2 rings (SSSR count). The molecule has 96 valence electrons. The van der Waals surface area contributed by atoms with Gasteiger partial charge in [0, 0.05) is 45.8 Å². The second-order valence-corrected chi connectivity index (χ2v) is 4.68. The Kier molecular flexibility index (Phi) is 4.53. The summed E-state index contributed by atoms with van der Waals surface area (Å²) in [6.45, 7) is 9.61. The minimum Gasteiger partial charge on any atom is -0.448 e. The summed E-state index contributed by atoms with van der Waals surface area (Å²) >= 11 is 0. The van der Waals surface area contributed by atoms with Gasteiger partial charge in [-0.05, 0) is 14.0 Å². The lowest BCUT2D eigenvalue weighted by Crippen LogP contribution is -2.45. The predicted molar refractivity (Wildman–Crippen MR) is 66.9 cm³/mol. The van der Waals surface area contributed by atoms with Crippen molar-refractivity contribution in [2.75, 3.05) is 46.3 Å². The van der Waals surface area contributed by atoms with Gasteiger partial charge in [-0.15, -0.1) is 0 Å². The molecular weight excluding hydrogens is 216 g/mol. The Morgan fingerprint density at radius 2 is 2.24 bits per heavy atom. The summed E-state index contributed by atoms with van der Waals surface area (Å²) in [5.41, 5.74) is 1.05. The van der Waals surface area contributed by atoms with Gasteiger partial charge in [-0.2, -0.15) is 0 Å². The van der Waals surface area contributed by atoms with E-state index in [2.05, 4.69) is 27.1 Å². The molecule has 1 aliphatic rings. The molecule has 0 atom stereocenters. The number of likely N-dealkylation sites (N-methyl/N-ethyl adjacent to an activating group) is 1. The zero-order chi connectivity index (χ0) is 12.1. The standard InChI is InChI=1S/C12H22N4O/c1-11-12(14-10-17-11)9-15(2)7-8-16-5-3-13-4-6-16/h10,13H,3-9H2,1-2H3. The molecule has 5 nitrogen and oxygen atoms in total. The lowest BCUT2D eigenvalue weighted by Gasteiger charge is -2.28. The Balaban J connectivity index is 1.70. The van der Waals surface area contributed by atoms with Crippen LogP contribution in [0.1, 0.15) is 11.5 Å². The maximum atomic E-state index is 5.20. The molecule has 1 aliphatic heterocycles. The summed E-state index contributed by atoms with van der Waals surface area (Å²) in [5.74, 6) is 0.930. The molecule has 0 aromatic carbocycles. The number of hydrogen-bond donors (Lipinski definition) is 1. The monoisotopic (exact) mass is 238 g/mol. The van der Waals surface area contributed by atoms with Gasteiger partial charge in [-0.3, -0.25) is 9.80 Å². The van der Waals surface area contributed by atoms with Gasteiger partial charge >= 0.3 is 0 Å². The van der Waals surface area contributed by atoms with E-state index in [0.29, 0.717) is 0 Å². The fourth-order valence-electron chi connectivity index (χ4n) is 2.06. The van der Waals surface area contributed by atoms with E-state index in [1.54, 1.807) is 0 Å². The maximum Gasteiger partial charge on any atom is 0.181 e. The van der Waals surface area contributed by atoms with E-state index in [4.69, 9.17) is 4.42 Å². The van der Waals surface area contributed by atoms with Crippen molar-refractivity contribution in [1.29, 1.82) is 0 Å². The van der Waals surface area contributed by atoms with Crippen LogP contribution in [0, 0.1) is 6.92 Å². The first-order valence-corrected chi connectivity index (χ1v) is 6.26. The second kappa shape index (κ2) is 6.14. The van der Waals surface area contributed by atoms with Gasteiger partial charge in [0.25, 0.3) is 0 Å². The summed E-state index contributed by atoms with van der Waals surface area (Å²) in [6.07, 6.45) is 1.52. The van der Waals surface area contributed by atoms with Gasteiger partial charge in [-0.1, -0.05) is 0 Å². The van der Waals surface area contributed by atoms with Crippen LogP contribution in [-0.2, 0) is 6.54 Å². The molecule has 1 fully saturated rings. The van der Waals surface area contributed by atoms with Crippen LogP contribution in [0.5, 0.6) is 0 Å². The zero-order valence-electron chi connectivity index (χ0n) is 10.8. The van der Waals surface area contributed by atoms with Gasteiger partial charge in [0.05, 0.1) is 5.69 Å². The highest BCUT2D eigenvalue weighted by molar-refractivity contribution is 5.04. The largest absolute Gasteiger partial charge is 0.448 e. The highest BCUT2D eigenvalue weighted by atomic mass is 16.3. The third-order valence-corrected chi connectivity index (χ3v) is 3.27. The number of nitrogens with one attached hydrogen (secondary N) is 1. The number of rotatable bonds is 5. The van der Waals surface area contributed by atoms with Crippen molar-refractivity contribution in [2.45, 2.75) is 13.5 Å². The van der Waals surface area contributed by atoms with Crippen LogP contribution < -0.4 is 5.32 Å². The Labute approximate surface area is 103 Å². The Bertz CT molecular complexity index is 333. The summed E-state index contributed by atoms with van der Waals surface area (Å²) in [6, 6.07) is 0. The minimum atomic E-state index is 0.869. The lowest BCUT2D eigenvalue weighted by molar-refractivity contribution is 0.201. The van der Waals surface area contributed by atoms with Gasteiger partial charge in [0.15, 0.2) is 6.39 Å². The molecule has 0 aliphatic carbocycles. The zero-order valence-corrected chi connectivity index (χ0v) is 10.8. The van der Waals surface area contributed by atoms with Crippen molar-refractivity contribution >= 4 is 0 Å². The second-order valence-electron chi connectivity index (χ2n) is 4.68. The average molecular weight is 238 g/mol. The molecule has 1 aromatic heterocycles. The van der Waals surface area contributed by atoms with Crippen molar-refractivity contribution in [3.8, 4) is 0 Å². The molecule has 1 aromatic rings. The smallest absolute Gasteiger partial charge is 0.181 e. The van der Waals surface area contributed by atoms with Crippen molar-refractivity contribution in [3.63, 3.8) is 0 Å². The Morgan fingerprint density at radius 1 is 1.47 bits per heavy atom. The fraction of sp³-hybridized carbons (Fsp3) is 0.750.